The van der Waals surface area contributed by atoms with Crippen LogP contribution in [0.2, 0.25) is 0 Å². The van der Waals surface area contributed by atoms with E-state index < -0.39 is 6.61 Å². The molecule has 0 bridgehead atoms. The number of hydrogen-bond donors (Lipinski definition) is 1. The maximum Gasteiger partial charge on any atom is 0.387 e. The molecule has 0 aliphatic heterocycles. The zero-order valence-electron chi connectivity index (χ0n) is 19.1. The van der Waals surface area contributed by atoms with E-state index in [2.05, 4.69) is 10.1 Å². The van der Waals surface area contributed by atoms with Gasteiger partial charge in [0.2, 0.25) is 5.70 Å². The van der Waals surface area contributed by atoms with E-state index in [1.807, 2.05) is 42.7 Å². The van der Waals surface area contributed by atoms with Crippen molar-refractivity contribution >= 4 is 34.3 Å². The molecular weight excluding hydrogens is 472 g/mol. The highest BCUT2D eigenvalue weighted by molar-refractivity contribution is 7.81. The van der Waals surface area contributed by atoms with Gasteiger partial charge in [-0.15, -0.1) is 0 Å². The van der Waals surface area contributed by atoms with Gasteiger partial charge in [0.15, 0.2) is 17.4 Å². The Morgan fingerprint density at radius 2 is 1.83 bits per heavy atom. The monoisotopic (exact) mass is 495 g/mol. The van der Waals surface area contributed by atoms with E-state index in [4.69, 9.17) is 16.6 Å². The van der Waals surface area contributed by atoms with Gasteiger partial charge in [0, 0.05) is 29.2 Å². The normalized spacial score (nSPS) is 11.9. The van der Waals surface area contributed by atoms with Crippen molar-refractivity contribution < 1.29 is 27.6 Å². The number of nitrogens with one attached hydrogen (secondary N) is 1. The molecule has 9 heteroatoms. The van der Waals surface area contributed by atoms with Crippen molar-refractivity contribution in [3.63, 3.8) is 0 Å². The molecule has 35 heavy (non-hydrogen) atoms. The molecule has 3 aromatic heterocycles. The minimum atomic E-state index is -2.91. The number of aryl methyl sites for hydroxylation is 1. The molecule has 4 aromatic rings. The van der Waals surface area contributed by atoms with E-state index in [0.717, 1.165) is 17.1 Å². The molecule has 0 unspecified atom stereocenters. The van der Waals surface area contributed by atoms with Crippen LogP contribution in [0.25, 0.3) is 11.5 Å². The smallest absolute Gasteiger partial charge is 0.387 e. The fraction of sp³-hybridized carbons (Fsp3) is 0.154. The van der Waals surface area contributed by atoms with Crippen molar-refractivity contribution in [2.45, 2.75) is 27.0 Å². The SMILES string of the molecule is Cc1cc(C([O-])=C(C(=S)Nc2ccc(OC(F)F)cc2)[n+]2ccccc2)c(C)n1Cc1ccco1. The van der Waals surface area contributed by atoms with Gasteiger partial charge < -0.3 is 24.1 Å². The molecule has 0 aliphatic carbocycles. The molecule has 4 rings (SSSR count). The molecule has 0 aliphatic rings. The van der Waals surface area contributed by atoms with Crippen LogP contribution in [0.1, 0.15) is 22.7 Å². The van der Waals surface area contributed by atoms with Crippen molar-refractivity contribution in [3.8, 4) is 5.75 Å². The van der Waals surface area contributed by atoms with Crippen molar-refractivity contribution in [3.05, 3.63) is 102 Å². The fourth-order valence-corrected chi connectivity index (χ4v) is 4.07. The third kappa shape index (κ3) is 5.58. The van der Waals surface area contributed by atoms with E-state index in [-0.39, 0.29) is 22.2 Å². The first-order chi connectivity index (χ1) is 16.8. The Balaban J connectivity index is 1.70. The highest BCUT2D eigenvalue weighted by Crippen LogP contribution is 2.25. The zero-order chi connectivity index (χ0) is 24.9. The number of benzene rings is 1. The number of nitrogens with zero attached hydrogens (tertiary/aromatic N) is 2. The molecule has 6 nitrogen and oxygen atoms in total. The molecule has 0 fully saturated rings. The van der Waals surface area contributed by atoms with Gasteiger partial charge in [-0.05, 0) is 67.6 Å². The molecule has 1 aromatic carbocycles. The van der Waals surface area contributed by atoms with Crippen LogP contribution >= 0.6 is 12.2 Å². The van der Waals surface area contributed by atoms with Gasteiger partial charge in [-0.1, -0.05) is 18.3 Å². The third-order valence-corrected chi connectivity index (χ3v) is 5.75. The van der Waals surface area contributed by atoms with Crippen molar-refractivity contribution in [2.75, 3.05) is 5.32 Å². The predicted molar refractivity (Wildman–Crippen MR) is 131 cm³/mol. The number of aromatic nitrogens is 2. The van der Waals surface area contributed by atoms with Crippen LogP contribution in [0.3, 0.4) is 0 Å². The second kappa shape index (κ2) is 10.5. The summed E-state index contributed by atoms with van der Waals surface area (Å²) in [7, 11) is 0. The lowest BCUT2D eigenvalue weighted by Gasteiger charge is -2.17. The molecule has 0 atom stereocenters. The number of thiocarbonyl (C=S) groups is 1. The van der Waals surface area contributed by atoms with E-state index in [1.165, 1.54) is 12.1 Å². The molecule has 180 valence electrons. The van der Waals surface area contributed by atoms with Crippen LogP contribution in [-0.4, -0.2) is 16.2 Å². The molecule has 0 radical (unpaired) electrons. The summed E-state index contributed by atoms with van der Waals surface area (Å²) in [5, 5.41) is 16.9. The van der Waals surface area contributed by atoms with Crippen LogP contribution < -0.4 is 19.7 Å². The van der Waals surface area contributed by atoms with Gasteiger partial charge in [-0.2, -0.15) is 13.3 Å². The van der Waals surface area contributed by atoms with Crippen LogP contribution in [0.5, 0.6) is 5.75 Å². The zero-order valence-corrected chi connectivity index (χ0v) is 19.9. The van der Waals surface area contributed by atoms with Gasteiger partial charge in [-0.25, -0.2) is 0 Å². The average Bonchev–Trinajstić information content (AvgIpc) is 3.45. The Morgan fingerprint density at radius 1 is 1.11 bits per heavy atom. The first-order valence-corrected chi connectivity index (χ1v) is 11.2. The number of hydrogen-bond acceptors (Lipinski definition) is 4. The summed E-state index contributed by atoms with van der Waals surface area (Å²) in [5.41, 5.74) is 3.00. The molecule has 0 saturated heterocycles. The predicted octanol–water partition coefficient (Wildman–Crippen LogP) is 4.76. The van der Waals surface area contributed by atoms with Gasteiger partial charge in [0.05, 0.1) is 12.8 Å². The van der Waals surface area contributed by atoms with E-state index >= 15 is 0 Å². The van der Waals surface area contributed by atoms with Crippen molar-refractivity contribution in [2.24, 2.45) is 0 Å². The molecule has 3 heterocycles. The Hall–Kier alpha value is -3.98. The van der Waals surface area contributed by atoms with Crippen LogP contribution in [-0.2, 0) is 6.54 Å². The number of anilines is 1. The summed E-state index contributed by atoms with van der Waals surface area (Å²) in [4.78, 5) is 0.185. The Labute approximate surface area is 206 Å². The summed E-state index contributed by atoms with van der Waals surface area (Å²) >= 11 is 5.63. The van der Waals surface area contributed by atoms with E-state index in [9.17, 15) is 13.9 Å². The summed E-state index contributed by atoms with van der Waals surface area (Å²) in [6.07, 6.45) is 5.09. The number of ether oxygens (including phenoxy) is 1. The van der Waals surface area contributed by atoms with Crippen LogP contribution in [0.15, 0.2) is 83.7 Å². The summed E-state index contributed by atoms with van der Waals surface area (Å²) in [6.45, 7) is 1.41. The maximum atomic E-state index is 13.8. The quantitative estimate of drug-likeness (QED) is 0.165. The van der Waals surface area contributed by atoms with Crippen molar-refractivity contribution in [1.29, 1.82) is 0 Å². The van der Waals surface area contributed by atoms with E-state index in [0.29, 0.717) is 17.8 Å². The molecule has 1 N–H and O–H groups in total. The first-order valence-electron chi connectivity index (χ1n) is 10.8. The summed E-state index contributed by atoms with van der Waals surface area (Å²) < 4.78 is 38.4. The minimum Gasteiger partial charge on any atom is -0.867 e. The Bertz CT molecular complexity index is 1330. The number of furan rings is 1. The number of alkyl halides is 2. The third-order valence-electron chi connectivity index (χ3n) is 5.45. The standard InChI is InChI=1S/C26H23F2N3O3S/c1-17-15-22(18(2)31(17)16-21-7-6-14-33-21)24(32)23(30-12-4-3-5-13-30)25(35)29-19-8-10-20(11-9-19)34-26(27)28/h3-15,26H,16H2,1-2H3,(H-,29,32,35). The molecule has 0 spiro atoms. The number of halogens is 2. The average molecular weight is 496 g/mol. The second-order valence-corrected chi connectivity index (χ2v) is 8.18. The van der Waals surface area contributed by atoms with Gasteiger partial charge in [-0.3, -0.25) is 0 Å². The highest BCUT2D eigenvalue weighted by Gasteiger charge is 2.21. The highest BCUT2D eigenvalue weighted by atomic mass is 32.1. The maximum absolute atomic E-state index is 13.8. The second-order valence-electron chi connectivity index (χ2n) is 7.77. The van der Waals surface area contributed by atoms with Gasteiger partial charge in [0.25, 0.3) is 0 Å². The van der Waals surface area contributed by atoms with E-state index in [1.54, 1.807) is 47.5 Å². The first kappa shape index (κ1) is 24.2. The van der Waals surface area contributed by atoms with Gasteiger partial charge in [0.1, 0.15) is 11.5 Å². The Morgan fingerprint density at radius 3 is 2.46 bits per heavy atom. The minimum absolute atomic E-state index is 0.0261. The summed E-state index contributed by atoms with van der Waals surface area (Å²) in [5.74, 6) is 0.553. The van der Waals surface area contributed by atoms with Crippen LogP contribution in [0, 0.1) is 13.8 Å². The lowest BCUT2D eigenvalue weighted by molar-refractivity contribution is -0.577. The van der Waals surface area contributed by atoms with Gasteiger partial charge >= 0.3 is 6.61 Å². The number of pyridine rings is 1. The molecular formula is C26H23F2N3O3S. The molecule has 0 amide bonds. The summed E-state index contributed by atoms with van der Waals surface area (Å²) in [6, 6.07) is 16.9. The largest absolute Gasteiger partial charge is 0.867 e. The fourth-order valence-electron chi connectivity index (χ4n) is 3.76. The molecule has 0 saturated carbocycles. The topological polar surface area (TPSA) is 66.3 Å². The number of rotatable bonds is 8. The lowest BCUT2D eigenvalue weighted by Crippen LogP contribution is -2.39. The Kier molecular flexibility index (Phi) is 7.26. The van der Waals surface area contributed by atoms with Crippen LogP contribution in [0.4, 0.5) is 14.5 Å². The lowest BCUT2D eigenvalue weighted by atomic mass is 10.1. The van der Waals surface area contributed by atoms with Crippen molar-refractivity contribution in [1.82, 2.24) is 4.57 Å².